The summed E-state index contributed by atoms with van der Waals surface area (Å²) >= 11 is 0. The second-order valence-electron chi connectivity index (χ2n) is 6.80. The van der Waals surface area contributed by atoms with Gasteiger partial charge in [-0.05, 0) is 32.1 Å². The van der Waals surface area contributed by atoms with Gasteiger partial charge >= 0.3 is 0 Å². The first-order valence-corrected chi connectivity index (χ1v) is 7.41. The van der Waals surface area contributed by atoms with E-state index in [0.717, 1.165) is 30.7 Å². The predicted molar refractivity (Wildman–Crippen MR) is 78.9 cm³/mol. The average Bonchev–Trinajstić information content (AvgIpc) is 2.80. The van der Waals surface area contributed by atoms with Gasteiger partial charge in [-0.15, -0.1) is 0 Å². The van der Waals surface area contributed by atoms with Crippen LogP contribution < -0.4 is 5.32 Å². The molecule has 0 aliphatic carbocycles. The lowest BCUT2D eigenvalue weighted by molar-refractivity contribution is 0.0456. The fraction of sp³-hybridized carbons (Fsp3) is 0.800. The minimum Gasteiger partial charge on any atom is -0.348 e. The Balaban J connectivity index is 1.83. The van der Waals surface area contributed by atoms with Crippen LogP contribution >= 0.6 is 0 Å². The van der Waals surface area contributed by atoms with Crippen molar-refractivity contribution in [3.05, 3.63) is 18.2 Å². The molecule has 2 heterocycles. The summed E-state index contributed by atoms with van der Waals surface area (Å²) in [5.41, 5.74) is 0.204. The van der Waals surface area contributed by atoms with Crippen molar-refractivity contribution in [3.63, 3.8) is 0 Å². The van der Waals surface area contributed by atoms with E-state index in [2.05, 4.69) is 47.9 Å². The molecule has 0 radical (unpaired) electrons. The number of rotatable bonds is 5. The van der Waals surface area contributed by atoms with Gasteiger partial charge in [-0.1, -0.05) is 13.8 Å². The van der Waals surface area contributed by atoms with Crippen LogP contribution in [0.4, 0.5) is 0 Å². The van der Waals surface area contributed by atoms with Gasteiger partial charge in [0.25, 0.3) is 0 Å². The molecule has 1 saturated heterocycles. The molecule has 108 valence electrons. The van der Waals surface area contributed by atoms with E-state index >= 15 is 0 Å². The average molecular weight is 264 g/mol. The lowest BCUT2D eigenvalue weighted by Crippen LogP contribution is -2.55. The first-order chi connectivity index (χ1) is 8.97. The number of nitrogens with one attached hydrogen (secondary N) is 2. The number of imidazole rings is 1. The maximum absolute atomic E-state index is 4.24. The summed E-state index contributed by atoms with van der Waals surface area (Å²) in [5, 5.41) is 3.52. The van der Waals surface area contributed by atoms with Crippen molar-refractivity contribution in [2.75, 3.05) is 19.6 Å². The van der Waals surface area contributed by atoms with Gasteiger partial charge in [-0.3, -0.25) is 4.90 Å². The van der Waals surface area contributed by atoms with Crippen molar-refractivity contribution in [1.82, 2.24) is 20.2 Å². The number of hydrogen-bond acceptors (Lipinski definition) is 3. The summed E-state index contributed by atoms with van der Waals surface area (Å²) in [7, 11) is 0. The number of nitrogens with zero attached hydrogens (tertiary/aromatic N) is 2. The zero-order valence-corrected chi connectivity index (χ0v) is 12.7. The smallest absolute Gasteiger partial charge is 0.120 e. The Bertz CT molecular complexity index is 362. The number of piperidine rings is 1. The van der Waals surface area contributed by atoms with E-state index < -0.39 is 0 Å². The van der Waals surface area contributed by atoms with Crippen molar-refractivity contribution < 1.29 is 0 Å². The van der Waals surface area contributed by atoms with Crippen LogP contribution in [0.15, 0.2) is 12.4 Å². The highest BCUT2D eigenvalue weighted by atomic mass is 15.2. The highest BCUT2D eigenvalue weighted by molar-refractivity contribution is 4.91. The number of aromatic nitrogens is 2. The molecule has 1 fully saturated rings. The first kappa shape index (κ1) is 14.5. The van der Waals surface area contributed by atoms with E-state index in [4.69, 9.17) is 0 Å². The molecule has 2 unspecified atom stereocenters. The molecule has 4 nitrogen and oxygen atoms in total. The first-order valence-electron chi connectivity index (χ1n) is 7.41. The lowest BCUT2D eigenvalue weighted by atomic mass is 9.88. The molecule has 2 atom stereocenters. The summed E-state index contributed by atoms with van der Waals surface area (Å²) in [6, 6.07) is 0. The maximum atomic E-state index is 4.24. The molecule has 0 aromatic carbocycles. The Morgan fingerprint density at radius 2 is 2.05 bits per heavy atom. The molecule has 2 rings (SSSR count). The minimum absolute atomic E-state index is 0.204. The monoisotopic (exact) mass is 264 g/mol. The van der Waals surface area contributed by atoms with E-state index in [1.807, 2.05) is 6.20 Å². The van der Waals surface area contributed by atoms with Gasteiger partial charge in [-0.25, -0.2) is 4.98 Å². The van der Waals surface area contributed by atoms with Gasteiger partial charge < -0.3 is 10.3 Å². The van der Waals surface area contributed by atoms with Crippen molar-refractivity contribution in [1.29, 1.82) is 0 Å². The normalized spacial score (nSPS) is 25.7. The highest BCUT2D eigenvalue weighted by Crippen LogP contribution is 2.26. The van der Waals surface area contributed by atoms with Crippen LogP contribution in [-0.4, -0.2) is 40.0 Å². The molecule has 19 heavy (non-hydrogen) atoms. The summed E-state index contributed by atoms with van der Waals surface area (Å²) in [6.45, 7) is 13.7. The Hall–Kier alpha value is -0.870. The van der Waals surface area contributed by atoms with Crippen molar-refractivity contribution in [2.45, 2.75) is 46.2 Å². The van der Waals surface area contributed by atoms with Crippen LogP contribution in [-0.2, 0) is 6.54 Å². The SMILES string of the molecule is CC1CC(C)CN(C(C)(C)CNCc2ncc[nH]2)C1. The number of hydrogen-bond donors (Lipinski definition) is 2. The molecule has 0 bridgehead atoms. The standard InChI is InChI=1S/C15H28N4/c1-12-7-13(2)10-19(9-12)15(3,4)11-16-8-14-17-5-6-18-14/h5-6,12-13,16H,7-11H2,1-4H3,(H,17,18). The van der Waals surface area contributed by atoms with E-state index in [0.29, 0.717) is 0 Å². The van der Waals surface area contributed by atoms with E-state index in [1.54, 1.807) is 6.20 Å². The van der Waals surface area contributed by atoms with Crippen LogP contribution in [0.25, 0.3) is 0 Å². The van der Waals surface area contributed by atoms with Crippen LogP contribution in [0.1, 0.15) is 39.9 Å². The molecular formula is C15H28N4. The topological polar surface area (TPSA) is 44.0 Å². The van der Waals surface area contributed by atoms with Crippen molar-refractivity contribution in [2.24, 2.45) is 11.8 Å². The maximum Gasteiger partial charge on any atom is 0.120 e. The summed E-state index contributed by atoms with van der Waals surface area (Å²) in [6.07, 6.45) is 5.04. The van der Waals surface area contributed by atoms with Crippen LogP contribution in [0.2, 0.25) is 0 Å². The Morgan fingerprint density at radius 3 is 2.63 bits per heavy atom. The largest absolute Gasteiger partial charge is 0.348 e. The quantitative estimate of drug-likeness (QED) is 0.857. The molecule has 0 spiro atoms. The Morgan fingerprint density at radius 1 is 1.37 bits per heavy atom. The van der Waals surface area contributed by atoms with Gasteiger partial charge in [-0.2, -0.15) is 0 Å². The van der Waals surface area contributed by atoms with Crippen LogP contribution in [0.3, 0.4) is 0 Å². The molecule has 1 aliphatic heterocycles. The third-order valence-corrected chi connectivity index (χ3v) is 4.13. The van der Waals surface area contributed by atoms with E-state index in [1.165, 1.54) is 19.5 Å². The van der Waals surface area contributed by atoms with Gasteiger partial charge in [0.1, 0.15) is 5.82 Å². The lowest BCUT2D eigenvalue weighted by Gasteiger charge is -2.45. The predicted octanol–water partition coefficient (Wildman–Crippen LogP) is 2.26. The van der Waals surface area contributed by atoms with Crippen molar-refractivity contribution >= 4 is 0 Å². The van der Waals surface area contributed by atoms with Crippen LogP contribution in [0, 0.1) is 11.8 Å². The van der Waals surface area contributed by atoms with Crippen LogP contribution in [0.5, 0.6) is 0 Å². The van der Waals surface area contributed by atoms with Gasteiger partial charge in [0.2, 0.25) is 0 Å². The molecule has 1 aromatic rings. The zero-order chi connectivity index (χ0) is 13.9. The van der Waals surface area contributed by atoms with Crippen molar-refractivity contribution in [3.8, 4) is 0 Å². The van der Waals surface area contributed by atoms with Gasteiger partial charge in [0.05, 0.1) is 6.54 Å². The minimum atomic E-state index is 0.204. The number of aromatic amines is 1. The van der Waals surface area contributed by atoms with Gasteiger partial charge in [0, 0.05) is 37.6 Å². The molecule has 2 N–H and O–H groups in total. The second-order valence-corrected chi connectivity index (χ2v) is 6.80. The van der Waals surface area contributed by atoms with E-state index in [-0.39, 0.29) is 5.54 Å². The molecular weight excluding hydrogens is 236 g/mol. The third kappa shape index (κ3) is 4.05. The molecule has 0 amide bonds. The summed E-state index contributed by atoms with van der Waals surface area (Å²) in [4.78, 5) is 10.0. The summed E-state index contributed by atoms with van der Waals surface area (Å²) in [5.74, 6) is 2.64. The molecule has 1 aliphatic rings. The second kappa shape index (κ2) is 6.06. The fourth-order valence-electron chi connectivity index (χ4n) is 3.15. The van der Waals surface area contributed by atoms with E-state index in [9.17, 15) is 0 Å². The molecule has 1 aromatic heterocycles. The third-order valence-electron chi connectivity index (χ3n) is 4.13. The van der Waals surface area contributed by atoms with Gasteiger partial charge in [0.15, 0.2) is 0 Å². The summed E-state index contributed by atoms with van der Waals surface area (Å²) < 4.78 is 0. The zero-order valence-electron chi connectivity index (χ0n) is 12.7. The Labute approximate surface area is 117 Å². The number of likely N-dealkylation sites (tertiary alicyclic amines) is 1. The molecule has 4 heteroatoms. The fourth-order valence-corrected chi connectivity index (χ4v) is 3.15. The highest BCUT2D eigenvalue weighted by Gasteiger charge is 2.32. The number of H-pyrrole nitrogens is 1. The Kier molecular flexibility index (Phi) is 4.63. The molecule has 0 saturated carbocycles.